The molecule has 106 valence electrons. The number of likely N-dealkylation sites (tertiary alicyclic amines) is 1. The number of aromatic nitrogens is 1. The van der Waals surface area contributed by atoms with Crippen LogP contribution < -0.4 is 0 Å². The summed E-state index contributed by atoms with van der Waals surface area (Å²) in [5.74, 6) is 0.526. The van der Waals surface area contributed by atoms with Crippen LogP contribution in [0.3, 0.4) is 0 Å². The van der Waals surface area contributed by atoms with E-state index in [4.69, 9.17) is 5.26 Å². The Morgan fingerprint density at radius 3 is 3.20 bits per heavy atom. The minimum Gasteiger partial charge on any atom is -0.339 e. The van der Waals surface area contributed by atoms with Crippen LogP contribution in [0.2, 0.25) is 0 Å². The molecule has 1 atom stereocenters. The molecule has 1 amide bonds. The van der Waals surface area contributed by atoms with Crippen molar-refractivity contribution in [1.82, 2.24) is 9.88 Å². The Kier molecular flexibility index (Phi) is 5.42. The summed E-state index contributed by atoms with van der Waals surface area (Å²) in [6.07, 6.45) is 6.10. The second-order valence-corrected chi connectivity index (χ2v) is 5.87. The third kappa shape index (κ3) is 3.51. The summed E-state index contributed by atoms with van der Waals surface area (Å²) in [4.78, 5) is 18.5. The summed E-state index contributed by atoms with van der Waals surface area (Å²) in [5.41, 5.74) is 0.538. The highest BCUT2D eigenvalue weighted by Crippen LogP contribution is 2.23. The summed E-state index contributed by atoms with van der Waals surface area (Å²) in [7, 11) is 0. The molecule has 0 radical (unpaired) electrons. The summed E-state index contributed by atoms with van der Waals surface area (Å²) in [5, 5.41) is 9.66. The maximum Gasteiger partial charge on any atom is 0.233 e. The molecule has 0 spiro atoms. The monoisotopic (exact) mass is 289 g/mol. The van der Waals surface area contributed by atoms with Gasteiger partial charge in [-0.2, -0.15) is 5.26 Å². The molecule has 0 saturated carbocycles. The SMILES string of the molecule is CC[C@@H]1CCCCN1C(=O)CSc1ncccc1C#N. The number of pyridine rings is 1. The van der Waals surface area contributed by atoms with Gasteiger partial charge in [-0.15, -0.1) is 0 Å². The molecule has 20 heavy (non-hydrogen) atoms. The lowest BCUT2D eigenvalue weighted by molar-refractivity contribution is -0.132. The van der Waals surface area contributed by atoms with Gasteiger partial charge in [0.25, 0.3) is 0 Å². The predicted molar refractivity (Wildman–Crippen MR) is 79.3 cm³/mol. The maximum atomic E-state index is 12.3. The second kappa shape index (κ2) is 7.30. The van der Waals surface area contributed by atoms with E-state index >= 15 is 0 Å². The van der Waals surface area contributed by atoms with Crippen LogP contribution in [-0.4, -0.2) is 34.1 Å². The first kappa shape index (κ1) is 14.9. The van der Waals surface area contributed by atoms with Crippen molar-refractivity contribution in [2.45, 2.75) is 43.7 Å². The van der Waals surface area contributed by atoms with Crippen molar-refractivity contribution in [3.63, 3.8) is 0 Å². The smallest absolute Gasteiger partial charge is 0.233 e. The van der Waals surface area contributed by atoms with Crippen LogP contribution in [0, 0.1) is 11.3 Å². The number of nitriles is 1. The molecule has 0 aromatic carbocycles. The van der Waals surface area contributed by atoms with Gasteiger partial charge in [0.1, 0.15) is 11.1 Å². The molecule has 2 heterocycles. The van der Waals surface area contributed by atoms with Crippen molar-refractivity contribution < 1.29 is 4.79 Å². The second-order valence-electron chi connectivity index (χ2n) is 4.90. The van der Waals surface area contributed by atoms with Gasteiger partial charge in [-0.1, -0.05) is 18.7 Å². The first-order valence-corrected chi connectivity index (χ1v) is 8.02. The van der Waals surface area contributed by atoms with Gasteiger partial charge in [-0.05, 0) is 37.8 Å². The third-order valence-corrected chi connectivity index (χ3v) is 4.63. The van der Waals surface area contributed by atoms with E-state index in [0.717, 1.165) is 25.8 Å². The largest absolute Gasteiger partial charge is 0.339 e. The minimum atomic E-state index is 0.163. The normalized spacial score (nSPS) is 18.6. The Labute approximate surface area is 124 Å². The number of thioether (sulfide) groups is 1. The quantitative estimate of drug-likeness (QED) is 0.800. The molecular weight excluding hydrogens is 270 g/mol. The first-order chi connectivity index (χ1) is 9.76. The number of piperidine rings is 1. The van der Waals surface area contributed by atoms with Crippen molar-refractivity contribution in [1.29, 1.82) is 5.26 Å². The highest BCUT2D eigenvalue weighted by atomic mass is 32.2. The van der Waals surface area contributed by atoms with Crippen LogP contribution in [-0.2, 0) is 4.79 Å². The molecular formula is C15H19N3OS. The average Bonchev–Trinajstić information content (AvgIpc) is 2.52. The van der Waals surface area contributed by atoms with Crippen LogP contribution in [0.1, 0.15) is 38.2 Å². The Morgan fingerprint density at radius 2 is 2.45 bits per heavy atom. The number of nitrogens with zero attached hydrogens (tertiary/aromatic N) is 3. The van der Waals surface area contributed by atoms with Gasteiger partial charge in [-0.3, -0.25) is 4.79 Å². The van der Waals surface area contributed by atoms with Crippen molar-refractivity contribution in [3.8, 4) is 6.07 Å². The lowest BCUT2D eigenvalue weighted by Crippen LogP contribution is -2.44. The molecule has 1 aromatic heterocycles. The van der Waals surface area contributed by atoms with E-state index in [1.807, 2.05) is 4.90 Å². The van der Waals surface area contributed by atoms with E-state index in [9.17, 15) is 4.79 Å². The summed E-state index contributed by atoms with van der Waals surface area (Å²) in [6, 6.07) is 5.97. The summed E-state index contributed by atoms with van der Waals surface area (Å²) < 4.78 is 0. The van der Waals surface area contributed by atoms with Crippen LogP contribution in [0.25, 0.3) is 0 Å². The lowest BCUT2D eigenvalue weighted by Gasteiger charge is -2.35. The number of carbonyl (C=O) groups is 1. The van der Waals surface area contributed by atoms with E-state index < -0.39 is 0 Å². The molecule has 1 saturated heterocycles. The van der Waals surface area contributed by atoms with E-state index in [-0.39, 0.29) is 5.91 Å². The molecule has 4 nitrogen and oxygen atoms in total. The number of rotatable bonds is 4. The molecule has 1 aliphatic rings. The van der Waals surface area contributed by atoms with Crippen LogP contribution in [0.5, 0.6) is 0 Å². The van der Waals surface area contributed by atoms with E-state index in [0.29, 0.717) is 22.4 Å². The Bertz CT molecular complexity index is 512. The van der Waals surface area contributed by atoms with E-state index in [1.165, 1.54) is 18.2 Å². The fourth-order valence-corrected chi connectivity index (χ4v) is 3.39. The molecule has 0 unspecified atom stereocenters. The van der Waals surface area contributed by atoms with Gasteiger partial charge < -0.3 is 4.90 Å². The number of carbonyl (C=O) groups excluding carboxylic acids is 1. The van der Waals surface area contributed by atoms with Gasteiger partial charge in [0.05, 0.1) is 11.3 Å². The van der Waals surface area contributed by atoms with Gasteiger partial charge in [0, 0.05) is 18.8 Å². The van der Waals surface area contributed by atoms with Crippen molar-refractivity contribution >= 4 is 17.7 Å². The topological polar surface area (TPSA) is 57.0 Å². The zero-order valence-corrected chi connectivity index (χ0v) is 12.5. The van der Waals surface area contributed by atoms with Gasteiger partial charge >= 0.3 is 0 Å². The van der Waals surface area contributed by atoms with Gasteiger partial charge in [0.2, 0.25) is 5.91 Å². The number of hydrogen-bond acceptors (Lipinski definition) is 4. The Morgan fingerprint density at radius 1 is 1.60 bits per heavy atom. The molecule has 2 rings (SSSR count). The number of hydrogen-bond donors (Lipinski definition) is 0. The fraction of sp³-hybridized carbons (Fsp3) is 0.533. The third-order valence-electron chi connectivity index (χ3n) is 3.64. The molecule has 0 aliphatic carbocycles. The van der Waals surface area contributed by atoms with Gasteiger partial charge in [-0.25, -0.2) is 4.98 Å². The van der Waals surface area contributed by atoms with Crippen molar-refractivity contribution in [3.05, 3.63) is 23.9 Å². The molecule has 1 aromatic rings. The molecule has 0 N–H and O–H groups in total. The first-order valence-electron chi connectivity index (χ1n) is 7.03. The van der Waals surface area contributed by atoms with E-state index in [2.05, 4.69) is 18.0 Å². The number of amides is 1. The molecule has 0 bridgehead atoms. The van der Waals surface area contributed by atoms with Crippen molar-refractivity contribution in [2.24, 2.45) is 0 Å². The van der Waals surface area contributed by atoms with Crippen molar-refractivity contribution in [2.75, 3.05) is 12.3 Å². The zero-order valence-electron chi connectivity index (χ0n) is 11.7. The maximum absolute atomic E-state index is 12.3. The standard InChI is InChI=1S/C15H19N3OS/c1-2-13-7-3-4-9-18(13)14(19)11-20-15-12(10-16)6-5-8-17-15/h5-6,8,13H,2-4,7,9,11H2,1H3/t13-/m1/s1. The highest BCUT2D eigenvalue weighted by molar-refractivity contribution is 7.99. The fourth-order valence-electron chi connectivity index (χ4n) is 2.56. The molecule has 5 heteroatoms. The highest BCUT2D eigenvalue weighted by Gasteiger charge is 2.25. The van der Waals surface area contributed by atoms with Gasteiger partial charge in [0.15, 0.2) is 0 Å². The molecule has 1 aliphatic heterocycles. The predicted octanol–water partition coefficient (Wildman–Crippen LogP) is 2.84. The summed E-state index contributed by atoms with van der Waals surface area (Å²) in [6.45, 7) is 3.00. The summed E-state index contributed by atoms with van der Waals surface area (Å²) >= 11 is 1.36. The van der Waals surface area contributed by atoms with Crippen LogP contribution in [0.15, 0.2) is 23.4 Å². The Hall–Kier alpha value is -1.54. The van der Waals surface area contributed by atoms with E-state index in [1.54, 1.807) is 18.3 Å². The van der Waals surface area contributed by atoms with Crippen LogP contribution >= 0.6 is 11.8 Å². The zero-order chi connectivity index (χ0) is 14.4. The Balaban J connectivity index is 1.96. The van der Waals surface area contributed by atoms with Crippen LogP contribution in [0.4, 0.5) is 0 Å². The minimum absolute atomic E-state index is 0.163. The molecule has 1 fully saturated rings. The average molecular weight is 289 g/mol. The lowest BCUT2D eigenvalue weighted by atomic mass is 10.0.